The van der Waals surface area contributed by atoms with Crippen molar-refractivity contribution in [2.75, 3.05) is 47.5 Å². The monoisotopic (exact) mass is 1230 g/mol. The number of phosphoric acid groups is 1. The smallest absolute Gasteiger partial charge is 0.306 e. The summed E-state index contributed by atoms with van der Waals surface area (Å²) in [6.45, 7) is 3.96. The minimum atomic E-state index is -4.66. The minimum Gasteiger partial charge on any atom is -0.756 e. The van der Waals surface area contributed by atoms with Crippen LogP contribution in [0.5, 0.6) is 0 Å². The van der Waals surface area contributed by atoms with E-state index in [1.165, 1.54) is 25.7 Å². The molecule has 0 amide bonds. The SMILES string of the molecule is CC/C=C\C/C=C\C/C=C\C/C=C\C/C=C\C/C=C\C/C=C\C/C=C\CCCCCCCCCCC(=O)OC(COC(=O)CCCCCCCC/C=C\C/C=C\C/C=C\C/C=C\C/C=C\C/C=C\C/C=C\C/C=C\CC)COP(=O)([O-])OCC[N+](C)(C)C. The number of phosphoric ester groups is 1. The third-order valence-electron chi connectivity index (χ3n) is 13.6. The molecule has 0 aromatic heterocycles. The number of rotatable bonds is 60. The van der Waals surface area contributed by atoms with E-state index in [1.807, 2.05) is 21.1 Å². The molecule has 0 aliphatic heterocycles. The number of hydrogen-bond donors (Lipinski definition) is 0. The van der Waals surface area contributed by atoms with Crippen molar-refractivity contribution in [3.05, 3.63) is 194 Å². The van der Waals surface area contributed by atoms with Crippen LogP contribution in [0.1, 0.15) is 232 Å². The number of carbonyl (C=O) groups excluding carboxylic acids is 2. The maximum absolute atomic E-state index is 12.9. The topological polar surface area (TPSA) is 111 Å². The van der Waals surface area contributed by atoms with Gasteiger partial charge in [0.15, 0.2) is 6.10 Å². The predicted octanol–water partition coefficient (Wildman–Crippen LogP) is 21.9. The van der Waals surface area contributed by atoms with Gasteiger partial charge in [0.2, 0.25) is 0 Å². The first kappa shape index (κ1) is 82.8. The van der Waals surface area contributed by atoms with E-state index in [2.05, 4.69) is 208 Å². The van der Waals surface area contributed by atoms with Crippen molar-refractivity contribution in [2.45, 2.75) is 238 Å². The lowest BCUT2D eigenvalue weighted by atomic mass is 10.1. The number of esters is 2. The van der Waals surface area contributed by atoms with Gasteiger partial charge in [-0.2, -0.15) is 0 Å². The van der Waals surface area contributed by atoms with Crippen LogP contribution >= 0.6 is 7.82 Å². The van der Waals surface area contributed by atoms with Crippen LogP contribution in [0.15, 0.2) is 194 Å². The van der Waals surface area contributed by atoms with Gasteiger partial charge < -0.3 is 27.9 Å². The van der Waals surface area contributed by atoms with Crippen molar-refractivity contribution in [1.82, 2.24) is 0 Å². The molecule has 0 saturated heterocycles. The summed E-state index contributed by atoms with van der Waals surface area (Å²) >= 11 is 0. The van der Waals surface area contributed by atoms with E-state index in [4.69, 9.17) is 18.5 Å². The number of likely N-dealkylation sites (N-methyl/N-ethyl adjacent to an activating group) is 1. The molecule has 10 heteroatoms. The fraction of sp³-hybridized carbons (Fsp3) is 0.564. The highest BCUT2D eigenvalue weighted by Gasteiger charge is 2.22. The molecule has 88 heavy (non-hydrogen) atoms. The molecule has 0 saturated carbocycles. The van der Waals surface area contributed by atoms with E-state index < -0.39 is 32.5 Å². The van der Waals surface area contributed by atoms with Gasteiger partial charge in [-0.15, -0.1) is 0 Å². The fourth-order valence-corrected chi connectivity index (χ4v) is 9.18. The molecule has 0 heterocycles. The average Bonchev–Trinajstić information content (AvgIpc) is 3.56. The Hall–Kier alpha value is -5.15. The maximum atomic E-state index is 12.9. The summed E-state index contributed by atoms with van der Waals surface area (Å²) in [4.78, 5) is 38.1. The molecule has 494 valence electrons. The van der Waals surface area contributed by atoms with E-state index in [0.717, 1.165) is 167 Å². The number of unbranched alkanes of at least 4 members (excludes halogenated alkanes) is 14. The molecule has 0 N–H and O–H groups in total. The summed E-state index contributed by atoms with van der Waals surface area (Å²) in [7, 11) is 1.12. The van der Waals surface area contributed by atoms with Crippen molar-refractivity contribution < 1.29 is 42.1 Å². The Bertz CT molecular complexity index is 2190. The summed E-state index contributed by atoms with van der Waals surface area (Å²) in [5.41, 5.74) is 0. The van der Waals surface area contributed by atoms with Crippen molar-refractivity contribution in [1.29, 1.82) is 0 Å². The zero-order chi connectivity index (χ0) is 64.1. The molecule has 2 unspecified atom stereocenters. The van der Waals surface area contributed by atoms with Crippen LogP contribution in [0.25, 0.3) is 0 Å². The Morgan fingerprint density at radius 1 is 0.352 bits per heavy atom. The Labute approximate surface area is 539 Å². The lowest BCUT2D eigenvalue weighted by molar-refractivity contribution is -0.870. The van der Waals surface area contributed by atoms with Crippen LogP contribution in [0.3, 0.4) is 0 Å². The van der Waals surface area contributed by atoms with Crippen molar-refractivity contribution in [3.8, 4) is 0 Å². The zero-order valence-corrected chi connectivity index (χ0v) is 57.0. The summed E-state index contributed by atoms with van der Waals surface area (Å²) in [5, 5.41) is 0. The number of ether oxygens (including phenoxy) is 2. The van der Waals surface area contributed by atoms with Gasteiger partial charge in [-0.3, -0.25) is 14.2 Å². The standard InChI is InChI=1S/C78H124NO8P/c1-6-8-10-12-14-16-18-20-22-24-26-28-30-32-34-36-38-39-41-43-45-47-49-51-53-55-57-59-61-63-65-67-69-71-78(81)87-76(75-86-88(82,83)85-73-72-79(3,4)5)74-84-77(80)70-68-66-64-62-60-58-56-54-52-50-48-46-44-42-40-37-35-33-31-29-27-25-23-21-19-17-15-13-11-9-7-2/h8-11,14-17,20-23,26-29,32-35,38-40,42-43,45-46,48-49,51-52,54,76H,6-7,12-13,18-19,24-25,30-31,36-37,41,44,47,50,53,55-75H2,1-5H3/b10-8-,11-9-,16-14-,17-15-,22-20-,23-21-,28-26-,29-27-,34-32-,35-33-,39-38-,42-40-,45-43-,48-46-,51-49-,54-52-. The first-order chi connectivity index (χ1) is 43.0. The summed E-state index contributed by atoms with van der Waals surface area (Å²) in [6, 6.07) is 0. The number of nitrogens with zero attached hydrogens (tertiary/aromatic N) is 1. The van der Waals surface area contributed by atoms with Gasteiger partial charge in [-0.05, 0) is 141 Å². The summed E-state index contributed by atoms with van der Waals surface area (Å²) < 4.78 is 34.3. The molecule has 0 aliphatic carbocycles. The first-order valence-electron chi connectivity index (χ1n) is 34.1. The summed E-state index contributed by atoms with van der Waals surface area (Å²) in [5.74, 6) is -0.875. The second-order valence-corrected chi connectivity index (χ2v) is 24.5. The second kappa shape index (κ2) is 66.3. The van der Waals surface area contributed by atoms with Crippen LogP contribution in [0, 0.1) is 0 Å². The normalized spacial score (nSPS) is 14.4. The Kier molecular flexibility index (Phi) is 62.4. The highest BCUT2D eigenvalue weighted by Crippen LogP contribution is 2.38. The molecule has 0 aromatic rings. The molecule has 0 aromatic carbocycles. The molecule has 0 radical (unpaired) electrons. The van der Waals surface area contributed by atoms with Gasteiger partial charge in [0, 0.05) is 12.8 Å². The van der Waals surface area contributed by atoms with Crippen LogP contribution < -0.4 is 4.89 Å². The number of allylic oxidation sites excluding steroid dienone is 32. The highest BCUT2D eigenvalue weighted by molar-refractivity contribution is 7.45. The Morgan fingerprint density at radius 3 is 0.909 bits per heavy atom. The van der Waals surface area contributed by atoms with E-state index in [0.29, 0.717) is 23.9 Å². The molecule has 0 fully saturated rings. The van der Waals surface area contributed by atoms with Crippen molar-refractivity contribution in [3.63, 3.8) is 0 Å². The molecular formula is C78H124NO8P. The number of hydrogen-bond acceptors (Lipinski definition) is 8. The van der Waals surface area contributed by atoms with Gasteiger partial charge in [0.05, 0.1) is 27.7 Å². The Balaban J connectivity index is 4.22. The predicted molar refractivity (Wildman–Crippen MR) is 378 cm³/mol. The molecule has 0 spiro atoms. The zero-order valence-electron chi connectivity index (χ0n) is 56.1. The van der Waals surface area contributed by atoms with Crippen LogP contribution in [-0.4, -0.2) is 70.0 Å². The van der Waals surface area contributed by atoms with Gasteiger partial charge in [-0.1, -0.05) is 272 Å². The molecule has 9 nitrogen and oxygen atoms in total. The maximum Gasteiger partial charge on any atom is 0.306 e. The van der Waals surface area contributed by atoms with Gasteiger partial charge in [0.1, 0.15) is 19.8 Å². The quantitative estimate of drug-likeness (QED) is 0.0195. The largest absolute Gasteiger partial charge is 0.756 e. The first-order valence-corrected chi connectivity index (χ1v) is 35.6. The lowest BCUT2D eigenvalue weighted by Crippen LogP contribution is -2.37. The van der Waals surface area contributed by atoms with E-state index in [9.17, 15) is 19.0 Å². The van der Waals surface area contributed by atoms with Crippen LogP contribution in [0.4, 0.5) is 0 Å². The molecule has 0 rings (SSSR count). The van der Waals surface area contributed by atoms with Gasteiger partial charge >= 0.3 is 11.9 Å². The van der Waals surface area contributed by atoms with E-state index in [1.54, 1.807) is 0 Å². The molecule has 2 atom stereocenters. The molecule has 0 aliphatic rings. The number of quaternary nitrogens is 1. The van der Waals surface area contributed by atoms with E-state index >= 15 is 0 Å². The number of carbonyl (C=O) groups is 2. The average molecular weight is 1230 g/mol. The second-order valence-electron chi connectivity index (χ2n) is 23.1. The van der Waals surface area contributed by atoms with Crippen molar-refractivity contribution >= 4 is 19.8 Å². The highest BCUT2D eigenvalue weighted by atomic mass is 31.2. The van der Waals surface area contributed by atoms with Gasteiger partial charge in [-0.25, -0.2) is 0 Å². The minimum absolute atomic E-state index is 0.0466. The lowest BCUT2D eigenvalue weighted by Gasteiger charge is -2.28. The van der Waals surface area contributed by atoms with Crippen LogP contribution in [0.2, 0.25) is 0 Å². The summed E-state index contributed by atoms with van der Waals surface area (Å²) in [6.07, 6.45) is 103. The molecular weight excluding hydrogens is 1110 g/mol. The van der Waals surface area contributed by atoms with Crippen molar-refractivity contribution in [2.24, 2.45) is 0 Å². The Morgan fingerprint density at radius 2 is 0.614 bits per heavy atom. The fourth-order valence-electron chi connectivity index (χ4n) is 8.45. The van der Waals surface area contributed by atoms with Gasteiger partial charge in [0.25, 0.3) is 7.82 Å². The third kappa shape index (κ3) is 69.9. The molecule has 0 bridgehead atoms. The van der Waals surface area contributed by atoms with Crippen LogP contribution in [-0.2, 0) is 32.7 Å². The van der Waals surface area contributed by atoms with E-state index in [-0.39, 0.29) is 26.1 Å². The third-order valence-corrected chi connectivity index (χ3v) is 14.6.